The highest BCUT2D eigenvalue weighted by Crippen LogP contribution is 2.37. The van der Waals surface area contributed by atoms with Crippen LogP contribution in [0.25, 0.3) is 0 Å². The Morgan fingerprint density at radius 1 is 1.56 bits per heavy atom. The fourth-order valence-corrected chi connectivity index (χ4v) is 1.94. The van der Waals surface area contributed by atoms with E-state index >= 15 is 0 Å². The molecule has 5 heteroatoms. The molecule has 1 saturated carbocycles. The average Bonchev–Trinajstić information content (AvgIpc) is 2.96. The second kappa shape index (κ2) is 4.84. The van der Waals surface area contributed by atoms with Crippen LogP contribution >= 0.6 is 0 Å². The molecule has 1 aliphatic carbocycles. The number of hydrogen-bond acceptors (Lipinski definition) is 4. The quantitative estimate of drug-likeness (QED) is 0.826. The average molecular weight is 251 g/mol. The van der Waals surface area contributed by atoms with Gasteiger partial charge in [0.05, 0.1) is 13.7 Å². The van der Waals surface area contributed by atoms with Crippen molar-refractivity contribution in [2.45, 2.75) is 26.8 Å². The van der Waals surface area contributed by atoms with Gasteiger partial charge in [0.15, 0.2) is 0 Å². The van der Waals surface area contributed by atoms with Gasteiger partial charge in [-0.1, -0.05) is 6.92 Å². The van der Waals surface area contributed by atoms with Gasteiger partial charge in [-0.15, -0.1) is 0 Å². The molecule has 0 aromatic carbocycles. The number of ether oxygens (including phenoxy) is 1. The van der Waals surface area contributed by atoms with Gasteiger partial charge in [0.1, 0.15) is 17.1 Å². The van der Waals surface area contributed by atoms with Crippen molar-refractivity contribution >= 4 is 11.9 Å². The van der Waals surface area contributed by atoms with E-state index in [0.29, 0.717) is 29.5 Å². The number of amides is 1. The maximum Gasteiger partial charge on any atom is 0.341 e. The minimum absolute atomic E-state index is 0.0520. The van der Waals surface area contributed by atoms with Gasteiger partial charge >= 0.3 is 5.97 Å². The van der Waals surface area contributed by atoms with E-state index < -0.39 is 5.97 Å². The summed E-state index contributed by atoms with van der Waals surface area (Å²) < 4.78 is 10.0. The lowest BCUT2D eigenvalue weighted by molar-refractivity contribution is -0.122. The molecule has 1 aromatic heterocycles. The summed E-state index contributed by atoms with van der Waals surface area (Å²) in [5.41, 5.74) is 0.404. The summed E-state index contributed by atoms with van der Waals surface area (Å²) in [6.07, 6.45) is 0.955. The van der Waals surface area contributed by atoms with Gasteiger partial charge < -0.3 is 14.5 Å². The maximum atomic E-state index is 11.6. The second-order valence-electron chi connectivity index (χ2n) is 4.71. The van der Waals surface area contributed by atoms with Crippen molar-refractivity contribution in [2.24, 2.45) is 11.8 Å². The van der Waals surface area contributed by atoms with Gasteiger partial charge in [-0.05, 0) is 25.3 Å². The van der Waals surface area contributed by atoms with Crippen LogP contribution in [0.5, 0.6) is 0 Å². The van der Waals surface area contributed by atoms with E-state index in [2.05, 4.69) is 17.0 Å². The number of esters is 1. The van der Waals surface area contributed by atoms with Crippen LogP contribution in [0.4, 0.5) is 0 Å². The van der Waals surface area contributed by atoms with Crippen LogP contribution in [-0.4, -0.2) is 19.0 Å². The van der Waals surface area contributed by atoms with E-state index in [4.69, 9.17) is 4.42 Å². The van der Waals surface area contributed by atoms with E-state index in [1.165, 1.54) is 7.11 Å². The van der Waals surface area contributed by atoms with Gasteiger partial charge in [0.2, 0.25) is 5.91 Å². The molecule has 0 radical (unpaired) electrons. The van der Waals surface area contributed by atoms with Gasteiger partial charge in [-0.2, -0.15) is 0 Å². The van der Waals surface area contributed by atoms with Crippen molar-refractivity contribution in [3.05, 3.63) is 23.2 Å². The van der Waals surface area contributed by atoms with Crippen LogP contribution in [0, 0.1) is 18.8 Å². The van der Waals surface area contributed by atoms with Gasteiger partial charge in [0.25, 0.3) is 0 Å². The van der Waals surface area contributed by atoms with Crippen LogP contribution < -0.4 is 5.32 Å². The molecule has 2 rings (SSSR count). The molecule has 1 N–H and O–H groups in total. The third kappa shape index (κ3) is 2.55. The van der Waals surface area contributed by atoms with E-state index in [9.17, 15) is 9.59 Å². The molecule has 98 valence electrons. The Bertz CT molecular complexity index is 477. The predicted molar refractivity (Wildman–Crippen MR) is 63.9 cm³/mol. The molecule has 0 aliphatic heterocycles. The normalized spacial score (nSPS) is 21.5. The Hall–Kier alpha value is -1.78. The van der Waals surface area contributed by atoms with Crippen LogP contribution in [0.2, 0.25) is 0 Å². The minimum Gasteiger partial charge on any atom is -0.465 e. The zero-order valence-electron chi connectivity index (χ0n) is 10.8. The van der Waals surface area contributed by atoms with Crippen molar-refractivity contribution in [3.63, 3.8) is 0 Å². The lowest BCUT2D eigenvalue weighted by Crippen LogP contribution is -2.24. The zero-order chi connectivity index (χ0) is 13.3. The number of carbonyl (C=O) groups excluding carboxylic acids is 2. The largest absolute Gasteiger partial charge is 0.465 e. The van der Waals surface area contributed by atoms with Crippen molar-refractivity contribution in [2.75, 3.05) is 7.11 Å². The molecule has 5 nitrogen and oxygen atoms in total. The monoisotopic (exact) mass is 251 g/mol. The van der Waals surface area contributed by atoms with Crippen LogP contribution in [-0.2, 0) is 16.1 Å². The molecule has 1 aromatic rings. The SMILES string of the molecule is COC(=O)c1cc(CNC(=O)C2CC2C)oc1C. The first-order valence-electron chi connectivity index (χ1n) is 5.98. The first-order chi connectivity index (χ1) is 8.52. The highest BCUT2D eigenvalue weighted by Gasteiger charge is 2.38. The summed E-state index contributed by atoms with van der Waals surface area (Å²) in [4.78, 5) is 23.0. The van der Waals surface area contributed by atoms with Crippen molar-refractivity contribution < 1.29 is 18.7 Å². The molecule has 1 heterocycles. The summed E-state index contributed by atoms with van der Waals surface area (Å²) in [7, 11) is 1.32. The van der Waals surface area contributed by atoms with Gasteiger partial charge in [-0.25, -0.2) is 4.79 Å². The first kappa shape index (κ1) is 12.7. The van der Waals surface area contributed by atoms with Crippen LogP contribution in [0.1, 0.15) is 35.2 Å². The molecule has 1 amide bonds. The smallest absolute Gasteiger partial charge is 0.341 e. The molecular formula is C13H17NO4. The summed E-state index contributed by atoms with van der Waals surface area (Å²) in [5.74, 6) is 1.32. The molecular weight excluding hydrogens is 234 g/mol. The molecule has 1 aliphatic rings. The van der Waals surface area contributed by atoms with Crippen molar-refractivity contribution in [1.82, 2.24) is 5.32 Å². The minimum atomic E-state index is -0.426. The third-order valence-corrected chi connectivity index (χ3v) is 3.26. The van der Waals surface area contributed by atoms with Crippen molar-refractivity contribution in [1.29, 1.82) is 0 Å². The number of methoxy groups -OCH3 is 1. The molecule has 0 bridgehead atoms. The topological polar surface area (TPSA) is 68.5 Å². The predicted octanol–water partition coefficient (Wildman–Crippen LogP) is 1.65. The Morgan fingerprint density at radius 3 is 2.78 bits per heavy atom. The lowest BCUT2D eigenvalue weighted by Gasteiger charge is -2.01. The van der Waals surface area contributed by atoms with Crippen molar-refractivity contribution in [3.8, 4) is 0 Å². The maximum absolute atomic E-state index is 11.6. The summed E-state index contributed by atoms with van der Waals surface area (Å²) in [6, 6.07) is 1.61. The number of aryl methyl sites for hydroxylation is 1. The summed E-state index contributed by atoms with van der Waals surface area (Å²) in [6.45, 7) is 4.05. The second-order valence-corrected chi connectivity index (χ2v) is 4.71. The zero-order valence-corrected chi connectivity index (χ0v) is 10.8. The lowest BCUT2D eigenvalue weighted by atomic mass is 10.2. The Kier molecular flexibility index (Phi) is 3.41. The number of nitrogens with one attached hydrogen (secondary N) is 1. The Labute approximate surface area is 105 Å². The molecule has 18 heavy (non-hydrogen) atoms. The molecule has 0 saturated heterocycles. The summed E-state index contributed by atoms with van der Waals surface area (Å²) in [5, 5.41) is 2.80. The highest BCUT2D eigenvalue weighted by atomic mass is 16.5. The van der Waals surface area contributed by atoms with E-state index in [-0.39, 0.29) is 11.8 Å². The fourth-order valence-electron chi connectivity index (χ4n) is 1.94. The molecule has 0 spiro atoms. The molecule has 2 atom stereocenters. The standard InChI is InChI=1S/C13H17NO4/c1-7-4-10(7)12(15)14-6-9-5-11(8(2)18-9)13(16)17-3/h5,7,10H,4,6H2,1-3H3,(H,14,15). The summed E-state index contributed by atoms with van der Waals surface area (Å²) >= 11 is 0. The van der Waals surface area contributed by atoms with Gasteiger partial charge in [0, 0.05) is 5.92 Å². The third-order valence-electron chi connectivity index (χ3n) is 3.26. The Balaban J connectivity index is 1.94. The fraction of sp³-hybridized carbons (Fsp3) is 0.538. The molecule has 1 fully saturated rings. The number of hydrogen-bond donors (Lipinski definition) is 1. The van der Waals surface area contributed by atoms with Gasteiger partial charge in [-0.3, -0.25) is 4.79 Å². The first-order valence-corrected chi connectivity index (χ1v) is 5.98. The number of rotatable bonds is 4. The van der Waals surface area contributed by atoms with E-state index in [1.807, 2.05) is 0 Å². The van der Waals surface area contributed by atoms with Crippen LogP contribution in [0.3, 0.4) is 0 Å². The number of furan rings is 1. The highest BCUT2D eigenvalue weighted by molar-refractivity contribution is 5.90. The van der Waals surface area contributed by atoms with Crippen LogP contribution in [0.15, 0.2) is 10.5 Å². The van der Waals surface area contributed by atoms with E-state index in [1.54, 1.807) is 13.0 Å². The van der Waals surface area contributed by atoms with E-state index in [0.717, 1.165) is 6.42 Å². The molecule has 2 unspecified atom stereocenters. The number of carbonyl (C=O) groups is 2. The Morgan fingerprint density at radius 2 is 2.22 bits per heavy atom.